The van der Waals surface area contributed by atoms with E-state index >= 15 is 0 Å². The zero-order valence-corrected chi connectivity index (χ0v) is 14.2. The Balaban J connectivity index is 1.50. The van der Waals surface area contributed by atoms with Gasteiger partial charge in [0.1, 0.15) is 5.75 Å². The third-order valence-corrected chi connectivity index (χ3v) is 6.55. The second kappa shape index (κ2) is 5.26. The van der Waals surface area contributed by atoms with Crippen LogP contribution in [0.4, 0.5) is 0 Å². The van der Waals surface area contributed by atoms with Crippen LogP contribution >= 0.6 is 0 Å². The number of benzene rings is 1. The largest absolute Gasteiger partial charge is 0.496 e. The molecule has 1 aromatic carbocycles. The highest BCUT2D eigenvalue weighted by atomic mass is 16.5. The van der Waals surface area contributed by atoms with Crippen LogP contribution in [0.5, 0.6) is 5.75 Å². The molecule has 4 saturated carbocycles. The Morgan fingerprint density at radius 3 is 2.14 bits per heavy atom. The number of nitrogens with one attached hydrogen (secondary N) is 1. The van der Waals surface area contributed by atoms with Crippen LogP contribution in [0.1, 0.15) is 55.2 Å². The van der Waals surface area contributed by atoms with Gasteiger partial charge in [0.05, 0.1) is 7.11 Å². The van der Waals surface area contributed by atoms with Crippen LogP contribution in [0, 0.1) is 31.6 Å². The molecule has 4 aliphatic rings. The van der Waals surface area contributed by atoms with Gasteiger partial charge in [0, 0.05) is 12.1 Å². The van der Waals surface area contributed by atoms with Crippen molar-refractivity contribution < 1.29 is 4.74 Å². The average Bonchev–Trinajstić information content (AvgIpc) is 2.46. The van der Waals surface area contributed by atoms with E-state index in [1.807, 2.05) is 0 Å². The third kappa shape index (κ3) is 2.46. The van der Waals surface area contributed by atoms with Crippen molar-refractivity contribution in [2.75, 3.05) is 7.11 Å². The lowest BCUT2D eigenvalue weighted by Gasteiger charge is -2.57. The topological polar surface area (TPSA) is 21.3 Å². The van der Waals surface area contributed by atoms with Crippen molar-refractivity contribution in [3.63, 3.8) is 0 Å². The molecule has 2 nitrogen and oxygen atoms in total. The molecule has 4 fully saturated rings. The van der Waals surface area contributed by atoms with E-state index < -0.39 is 0 Å². The van der Waals surface area contributed by atoms with Gasteiger partial charge in [0.2, 0.25) is 0 Å². The zero-order valence-electron chi connectivity index (χ0n) is 14.2. The lowest BCUT2D eigenvalue weighted by atomic mass is 9.53. The number of ether oxygens (including phenoxy) is 1. The van der Waals surface area contributed by atoms with Crippen LogP contribution in [0.15, 0.2) is 12.1 Å². The van der Waals surface area contributed by atoms with E-state index in [9.17, 15) is 0 Å². The Hall–Kier alpha value is -1.02. The van der Waals surface area contributed by atoms with Gasteiger partial charge in [-0.25, -0.2) is 0 Å². The smallest absolute Gasteiger partial charge is 0.122 e. The molecule has 1 N–H and O–H groups in total. The highest BCUT2D eigenvalue weighted by Gasteiger charge is 2.50. The SMILES string of the molecule is COc1cc(C)c(CNC23CC4CC(CC(C4)C2)C3)cc1C. The first kappa shape index (κ1) is 14.6. The lowest BCUT2D eigenvalue weighted by Crippen LogP contribution is -2.58. The molecule has 22 heavy (non-hydrogen) atoms. The van der Waals surface area contributed by atoms with Crippen LogP contribution in [0.2, 0.25) is 0 Å². The predicted octanol–water partition coefficient (Wildman–Crippen LogP) is 4.37. The molecular weight excluding hydrogens is 270 g/mol. The van der Waals surface area contributed by atoms with Crippen molar-refractivity contribution in [1.82, 2.24) is 5.32 Å². The summed E-state index contributed by atoms with van der Waals surface area (Å²) >= 11 is 0. The first-order valence-electron chi connectivity index (χ1n) is 8.96. The van der Waals surface area contributed by atoms with Crippen molar-refractivity contribution in [2.45, 2.75) is 64.5 Å². The number of aryl methyl sites for hydroxylation is 2. The predicted molar refractivity (Wildman–Crippen MR) is 90.2 cm³/mol. The minimum atomic E-state index is 0.453. The highest BCUT2D eigenvalue weighted by Crippen LogP contribution is 2.55. The highest BCUT2D eigenvalue weighted by molar-refractivity contribution is 5.41. The van der Waals surface area contributed by atoms with Gasteiger partial charge >= 0.3 is 0 Å². The van der Waals surface area contributed by atoms with Crippen molar-refractivity contribution in [3.8, 4) is 5.75 Å². The van der Waals surface area contributed by atoms with Crippen molar-refractivity contribution >= 4 is 0 Å². The molecule has 0 aromatic heterocycles. The summed E-state index contributed by atoms with van der Waals surface area (Å²) in [5.41, 5.74) is 4.49. The van der Waals surface area contributed by atoms with E-state index in [4.69, 9.17) is 4.74 Å². The summed E-state index contributed by atoms with van der Waals surface area (Å²) in [7, 11) is 1.76. The molecule has 2 heteroatoms. The van der Waals surface area contributed by atoms with E-state index in [0.717, 1.165) is 30.0 Å². The van der Waals surface area contributed by atoms with Gasteiger partial charge in [-0.1, -0.05) is 6.07 Å². The summed E-state index contributed by atoms with van der Waals surface area (Å²) in [6.07, 6.45) is 8.82. The second-order valence-electron chi connectivity index (χ2n) is 8.30. The van der Waals surface area contributed by atoms with E-state index in [1.54, 1.807) is 7.11 Å². The van der Waals surface area contributed by atoms with Crippen LogP contribution in [-0.4, -0.2) is 12.6 Å². The summed E-state index contributed by atoms with van der Waals surface area (Å²) in [6, 6.07) is 4.49. The fourth-order valence-electron chi connectivity index (χ4n) is 5.87. The molecule has 0 atom stereocenters. The normalized spacial score (nSPS) is 35.9. The maximum atomic E-state index is 5.44. The minimum absolute atomic E-state index is 0.453. The Kier molecular flexibility index (Phi) is 3.48. The van der Waals surface area contributed by atoms with Gasteiger partial charge in [0.15, 0.2) is 0 Å². The maximum absolute atomic E-state index is 5.44. The fourth-order valence-corrected chi connectivity index (χ4v) is 5.87. The molecule has 1 aromatic rings. The van der Waals surface area contributed by atoms with Crippen molar-refractivity contribution in [2.24, 2.45) is 17.8 Å². The van der Waals surface area contributed by atoms with Gasteiger partial charge in [-0.3, -0.25) is 0 Å². The van der Waals surface area contributed by atoms with E-state index in [-0.39, 0.29) is 0 Å². The molecular formula is C20H29NO. The van der Waals surface area contributed by atoms with Gasteiger partial charge < -0.3 is 10.1 Å². The van der Waals surface area contributed by atoms with E-state index in [2.05, 4.69) is 31.3 Å². The fraction of sp³-hybridized carbons (Fsp3) is 0.700. The van der Waals surface area contributed by atoms with E-state index in [1.165, 1.54) is 55.2 Å². The zero-order chi connectivity index (χ0) is 15.3. The Morgan fingerprint density at radius 2 is 1.59 bits per heavy atom. The Morgan fingerprint density at radius 1 is 1.00 bits per heavy atom. The molecule has 120 valence electrons. The summed E-state index contributed by atoms with van der Waals surface area (Å²) in [4.78, 5) is 0. The average molecular weight is 299 g/mol. The van der Waals surface area contributed by atoms with Crippen molar-refractivity contribution in [1.29, 1.82) is 0 Å². The van der Waals surface area contributed by atoms with Crippen molar-refractivity contribution in [3.05, 3.63) is 28.8 Å². The van der Waals surface area contributed by atoms with Gasteiger partial charge in [-0.05, 0) is 92.9 Å². The third-order valence-electron chi connectivity index (χ3n) is 6.55. The summed E-state index contributed by atoms with van der Waals surface area (Å²) in [5.74, 6) is 4.04. The molecule has 4 aliphatic carbocycles. The maximum Gasteiger partial charge on any atom is 0.122 e. The van der Waals surface area contributed by atoms with Crippen LogP contribution in [-0.2, 0) is 6.54 Å². The molecule has 0 spiro atoms. The van der Waals surface area contributed by atoms with E-state index in [0.29, 0.717) is 5.54 Å². The molecule has 0 saturated heterocycles. The summed E-state index contributed by atoms with van der Waals surface area (Å²) in [5, 5.41) is 4.01. The molecule has 0 heterocycles. The standard InChI is InChI=1S/C20H29NO/c1-13-5-19(22-3)14(2)4-18(13)12-21-20-9-15-6-16(10-20)8-17(7-15)11-20/h4-5,15-17,21H,6-12H2,1-3H3. The van der Waals surface area contributed by atoms with Crippen LogP contribution < -0.4 is 10.1 Å². The number of hydrogen-bond donors (Lipinski definition) is 1. The van der Waals surface area contributed by atoms with Crippen LogP contribution in [0.25, 0.3) is 0 Å². The molecule has 0 radical (unpaired) electrons. The van der Waals surface area contributed by atoms with Crippen LogP contribution in [0.3, 0.4) is 0 Å². The number of rotatable bonds is 4. The monoisotopic (exact) mass is 299 g/mol. The Bertz CT molecular complexity index is 542. The molecule has 0 unspecified atom stereocenters. The van der Waals surface area contributed by atoms with Gasteiger partial charge in [-0.15, -0.1) is 0 Å². The lowest BCUT2D eigenvalue weighted by molar-refractivity contribution is -0.0206. The second-order valence-corrected chi connectivity index (χ2v) is 8.30. The molecule has 5 rings (SSSR count). The molecule has 0 amide bonds. The first-order valence-corrected chi connectivity index (χ1v) is 8.96. The molecule has 0 aliphatic heterocycles. The van der Waals surface area contributed by atoms with Gasteiger partial charge in [-0.2, -0.15) is 0 Å². The number of hydrogen-bond acceptors (Lipinski definition) is 2. The quantitative estimate of drug-likeness (QED) is 0.891. The molecule has 4 bridgehead atoms. The summed E-state index contributed by atoms with van der Waals surface area (Å²) < 4.78 is 5.44. The Labute approximate surface area is 134 Å². The first-order chi connectivity index (χ1) is 10.6. The minimum Gasteiger partial charge on any atom is -0.496 e. The van der Waals surface area contributed by atoms with Gasteiger partial charge in [0.25, 0.3) is 0 Å². The number of methoxy groups -OCH3 is 1. The summed E-state index contributed by atoms with van der Waals surface area (Å²) in [6.45, 7) is 5.37.